The van der Waals surface area contributed by atoms with Crippen molar-refractivity contribution in [2.24, 2.45) is 7.05 Å². The molecule has 0 saturated carbocycles. The summed E-state index contributed by atoms with van der Waals surface area (Å²) >= 11 is 5.86. The van der Waals surface area contributed by atoms with Gasteiger partial charge in [0.05, 0.1) is 5.54 Å². The predicted octanol–water partition coefficient (Wildman–Crippen LogP) is 3.26. The lowest BCUT2D eigenvalue weighted by atomic mass is 10.1. The number of nitrogens with zero attached hydrogens (tertiary/aromatic N) is 2. The highest BCUT2D eigenvalue weighted by Crippen LogP contribution is 2.17. The van der Waals surface area contributed by atoms with Gasteiger partial charge in [-0.15, -0.1) is 0 Å². The van der Waals surface area contributed by atoms with Crippen LogP contribution in [0, 0.1) is 0 Å². The fourth-order valence-corrected chi connectivity index (χ4v) is 2.23. The van der Waals surface area contributed by atoms with Gasteiger partial charge in [-0.2, -0.15) is 0 Å². The SMILES string of the molecule is Cn1cccc1C(=O)NN(C(=O)c1ccc(Cl)cc1)C(C)(C)C. The number of carbonyl (C=O) groups is 2. The minimum absolute atomic E-state index is 0.295. The van der Waals surface area contributed by atoms with E-state index in [9.17, 15) is 9.59 Å². The molecule has 0 spiro atoms. The summed E-state index contributed by atoms with van der Waals surface area (Å²) in [6, 6.07) is 10.0. The van der Waals surface area contributed by atoms with E-state index >= 15 is 0 Å². The molecule has 1 N–H and O–H groups in total. The number of halogens is 1. The van der Waals surface area contributed by atoms with Gasteiger partial charge in [0.15, 0.2) is 0 Å². The second-order valence-corrected chi connectivity index (χ2v) is 6.70. The summed E-state index contributed by atoms with van der Waals surface area (Å²) in [4.78, 5) is 25.2. The van der Waals surface area contributed by atoms with E-state index in [1.165, 1.54) is 5.01 Å². The van der Waals surface area contributed by atoms with Crippen molar-refractivity contribution in [3.05, 3.63) is 58.9 Å². The molecule has 0 unspecified atom stereocenters. The molecule has 2 amide bonds. The quantitative estimate of drug-likeness (QED) is 0.858. The van der Waals surface area contributed by atoms with Crippen LogP contribution >= 0.6 is 11.6 Å². The normalized spacial score (nSPS) is 11.2. The Morgan fingerprint density at radius 2 is 1.74 bits per heavy atom. The fraction of sp³-hybridized carbons (Fsp3) is 0.294. The second-order valence-electron chi connectivity index (χ2n) is 6.26. The number of hydrogen-bond donors (Lipinski definition) is 1. The topological polar surface area (TPSA) is 54.3 Å². The first-order valence-corrected chi connectivity index (χ1v) is 7.60. The van der Waals surface area contributed by atoms with E-state index in [0.717, 1.165) is 0 Å². The van der Waals surface area contributed by atoms with E-state index in [4.69, 9.17) is 11.6 Å². The third kappa shape index (κ3) is 3.93. The second kappa shape index (κ2) is 6.46. The van der Waals surface area contributed by atoms with Crippen LogP contribution in [0.4, 0.5) is 0 Å². The summed E-state index contributed by atoms with van der Waals surface area (Å²) in [6.07, 6.45) is 1.78. The van der Waals surface area contributed by atoms with Gasteiger partial charge in [0, 0.05) is 23.8 Å². The monoisotopic (exact) mass is 333 g/mol. The zero-order chi connectivity index (χ0) is 17.2. The molecule has 0 radical (unpaired) electrons. The van der Waals surface area contributed by atoms with Crippen molar-refractivity contribution in [3.63, 3.8) is 0 Å². The number of amides is 2. The average molecular weight is 334 g/mol. The lowest BCUT2D eigenvalue weighted by molar-refractivity contribution is 0.0355. The van der Waals surface area contributed by atoms with E-state index < -0.39 is 5.54 Å². The standard InChI is InChI=1S/C17H20ClN3O2/c1-17(2,3)21(16(23)12-7-9-13(18)10-8-12)19-15(22)14-6-5-11-20(14)4/h5-11H,1-4H3,(H,19,22). The average Bonchev–Trinajstić information content (AvgIpc) is 2.89. The Morgan fingerprint density at radius 3 is 2.22 bits per heavy atom. The molecular formula is C17H20ClN3O2. The molecule has 0 atom stereocenters. The first-order chi connectivity index (χ1) is 10.7. The Labute approximate surface area is 140 Å². The highest BCUT2D eigenvalue weighted by Gasteiger charge is 2.30. The van der Waals surface area contributed by atoms with Gasteiger partial charge in [-0.25, -0.2) is 5.01 Å². The number of hydrogen-bond acceptors (Lipinski definition) is 2. The Bertz CT molecular complexity index is 714. The van der Waals surface area contributed by atoms with Crippen molar-refractivity contribution in [1.82, 2.24) is 15.0 Å². The molecular weight excluding hydrogens is 314 g/mol. The lowest BCUT2D eigenvalue weighted by Crippen LogP contribution is -2.56. The summed E-state index contributed by atoms with van der Waals surface area (Å²) in [5.74, 6) is -0.633. The van der Waals surface area contributed by atoms with Gasteiger partial charge in [0.1, 0.15) is 5.69 Å². The molecule has 2 rings (SSSR count). The van der Waals surface area contributed by atoms with Gasteiger partial charge in [-0.05, 0) is 57.2 Å². The first-order valence-electron chi connectivity index (χ1n) is 7.22. The summed E-state index contributed by atoms with van der Waals surface area (Å²) in [5.41, 5.74) is 3.05. The van der Waals surface area contributed by atoms with Crippen molar-refractivity contribution in [1.29, 1.82) is 0 Å². The number of benzene rings is 1. The van der Waals surface area contributed by atoms with Crippen LogP contribution in [-0.4, -0.2) is 26.9 Å². The Hall–Kier alpha value is -2.27. The molecule has 0 fully saturated rings. The molecule has 1 aromatic heterocycles. The molecule has 6 heteroatoms. The molecule has 0 saturated heterocycles. The molecule has 5 nitrogen and oxygen atoms in total. The highest BCUT2D eigenvalue weighted by molar-refractivity contribution is 6.30. The molecule has 23 heavy (non-hydrogen) atoms. The van der Waals surface area contributed by atoms with E-state index in [1.807, 2.05) is 20.8 Å². The van der Waals surface area contributed by atoms with Crippen LogP contribution in [0.15, 0.2) is 42.6 Å². The number of nitrogens with one attached hydrogen (secondary N) is 1. The number of aromatic nitrogens is 1. The fourth-order valence-electron chi connectivity index (χ4n) is 2.10. The van der Waals surface area contributed by atoms with Crippen molar-refractivity contribution >= 4 is 23.4 Å². The minimum Gasteiger partial charge on any atom is -0.347 e. The van der Waals surface area contributed by atoms with E-state index in [-0.39, 0.29) is 11.8 Å². The van der Waals surface area contributed by atoms with Crippen LogP contribution in [0.5, 0.6) is 0 Å². The van der Waals surface area contributed by atoms with Crippen LogP contribution in [0.2, 0.25) is 5.02 Å². The minimum atomic E-state index is -0.586. The van der Waals surface area contributed by atoms with E-state index in [2.05, 4.69) is 5.43 Å². The van der Waals surface area contributed by atoms with Crippen LogP contribution in [0.25, 0.3) is 0 Å². The first kappa shape index (κ1) is 17.1. The summed E-state index contributed by atoms with van der Waals surface area (Å²) in [5, 5.41) is 1.89. The van der Waals surface area contributed by atoms with Crippen LogP contribution in [0.3, 0.4) is 0 Å². The number of aryl methyl sites for hydroxylation is 1. The molecule has 0 aliphatic carbocycles. The van der Waals surface area contributed by atoms with Crippen molar-refractivity contribution in [3.8, 4) is 0 Å². The maximum atomic E-state index is 12.8. The Morgan fingerprint density at radius 1 is 1.13 bits per heavy atom. The van der Waals surface area contributed by atoms with Crippen LogP contribution < -0.4 is 5.43 Å². The highest BCUT2D eigenvalue weighted by atomic mass is 35.5. The lowest BCUT2D eigenvalue weighted by Gasteiger charge is -2.35. The molecule has 1 aromatic carbocycles. The van der Waals surface area contributed by atoms with Crippen LogP contribution in [-0.2, 0) is 7.05 Å². The zero-order valence-corrected chi connectivity index (χ0v) is 14.4. The molecule has 0 aliphatic heterocycles. The van der Waals surface area contributed by atoms with Gasteiger partial charge in [0.25, 0.3) is 11.8 Å². The summed E-state index contributed by atoms with van der Waals surface area (Å²) < 4.78 is 1.70. The molecule has 1 heterocycles. The van der Waals surface area contributed by atoms with Gasteiger partial charge in [0.2, 0.25) is 0 Å². The Balaban J connectivity index is 2.27. The molecule has 0 bridgehead atoms. The van der Waals surface area contributed by atoms with Crippen molar-refractivity contribution in [2.75, 3.05) is 0 Å². The third-order valence-corrected chi connectivity index (χ3v) is 3.61. The van der Waals surface area contributed by atoms with Crippen LogP contribution in [0.1, 0.15) is 41.6 Å². The molecule has 122 valence electrons. The Kier molecular flexibility index (Phi) is 4.80. The van der Waals surface area contributed by atoms with Gasteiger partial charge in [-0.3, -0.25) is 15.0 Å². The van der Waals surface area contributed by atoms with Gasteiger partial charge in [-0.1, -0.05) is 11.6 Å². The largest absolute Gasteiger partial charge is 0.347 e. The molecule has 0 aliphatic rings. The number of carbonyl (C=O) groups excluding carboxylic acids is 2. The van der Waals surface area contributed by atoms with E-state index in [0.29, 0.717) is 16.3 Å². The predicted molar refractivity (Wildman–Crippen MR) is 90.3 cm³/mol. The van der Waals surface area contributed by atoms with Crippen molar-refractivity contribution < 1.29 is 9.59 Å². The summed E-state index contributed by atoms with van der Waals surface area (Å²) in [6.45, 7) is 5.56. The van der Waals surface area contributed by atoms with Crippen molar-refractivity contribution in [2.45, 2.75) is 26.3 Å². The molecule has 2 aromatic rings. The van der Waals surface area contributed by atoms with E-state index in [1.54, 1.807) is 54.2 Å². The maximum Gasteiger partial charge on any atom is 0.286 e. The summed E-state index contributed by atoms with van der Waals surface area (Å²) in [7, 11) is 1.78. The smallest absolute Gasteiger partial charge is 0.286 e. The zero-order valence-electron chi connectivity index (χ0n) is 13.6. The van der Waals surface area contributed by atoms with Gasteiger partial charge < -0.3 is 4.57 Å². The van der Waals surface area contributed by atoms with Gasteiger partial charge >= 0.3 is 0 Å². The number of hydrazine groups is 1. The third-order valence-electron chi connectivity index (χ3n) is 3.35. The number of rotatable bonds is 2. The maximum absolute atomic E-state index is 12.8.